The Balaban J connectivity index is 1.80. The topological polar surface area (TPSA) is 81.9 Å². The number of benzene rings is 3. The van der Waals surface area contributed by atoms with Gasteiger partial charge in [0.2, 0.25) is 0 Å². The van der Waals surface area contributed by atoms with Crippen molar-refractivity contribution in [1.29, 1.82) is 0 Å². The maximum absolute atomic E-state index is 12.9. The second-order valence-corrected chi connectivity index (χ2v) is 6.21. The van der Waals surface area contributed by atoms with Crippen molar-refractivity contribution in [1.82, 2.24) is 0 Å². The maximum Gasteiger partial charge on any atom is 0.271 e. The molecule has 0 saturated heterocycles. The van der Waals surface area contributed by atoms with Crippen LogP contribution in [0.5, 0.6) is 11.5 Å². The fraction of sp³-hybridized carbons (Fsp3) is 0.136. The Morgan fingerprint density at radius 1 is 0.966 bits per heavy atom. The van der Waals surface area contributed by atoms with Gasteiger partial charge in [-0.05, 0) is 35.9 Å². The monoisotopic (exact) mass is 392 g/mol. The van der Waals surface area contributed by atoms with Crippen LogP contribution in [0.1, 0.15) is 5.56 Å². The van der Waals surface area contributed by atoms with Crippen molar-refractivity contribution in [3.63, 3.8) is 0 Å². The Bertz CT molecular complexity index is 974. The largest absolute Gasteiger partial charge is 0.497 e. The van der Waals surface area contributed by atoms with Crippen LogP contribution in [-0.4, -0.2) is 24.5 Å². The molecule has 0 aliphatic carbocycles. The second-order valence-electron chi connectivity index (χ2n) is 6.21. The van der Waals surface area contributed by atoms with Crippen molar-refractivity contribution < 1.29 is 19.2 Å². The van der Waals surface area contributed by atoms with Crippen LogP contribution in [0.15, 0.2) is 78.9 Å². The third-order valence-corrected chi connectivity index (χ3v) is 4.26. The van der Waals surface area contributed by atoms with Crippen LogP contribution < -0.4 is 14.4 Å². The summed E-state index contributed by atoms with van der Waals surface area (Å²) in [5.74, 6) is 0.897. The Kier molecular flexibility index (Phi) is 6.42. The van der Waals surface area contributed by atoms with Gasteiger partial charge in [0, 0.05) is 12.1 Å². The molecule has 0 aliphatic heterocycles. The van der Waals surface area contributed by atoms with E-state index in [1.165, 1.54) is 17.0 Å². The number of ether oxygens (including phenoxy) is 2. The molecule has 3 aromatic carbocycles. The highest BCUT2D eigenvalue weighted by atomic mass is 16.6. The van der Waals surface area contributed by atoms with Crippen molar-refractivity contribution in [3.8, 4) is 11.5 Å². The smallest absolute Gasteiger partial charge is 0.271 e. The van der Waals surface area contributed by atoms with Gasteiger partial charge < -0.3 is 14.4 Å². The van der Waals surface area contributed by atoms with E-state index in [0.717, 1.165) is 5.56 Å². The third-order valence-electron chi connectivity index (χ3n) is 4.26. The van der Waals surface area contributed by atoms with E-state index in [9.17, 15) is 14.9 Å². The number of nitro benzene ring substituents is 1. The standard InChI is InChI=1S/C22H20N2O5/c1-28-20-10-12-21(13-11-20)29-16-22(25)23(15-17-6-3-2-4-7-17)18-8-5-9-19(14-18)24(26)27/h2-14H,15-16H2,1H3. The van der Waals surface area contributed by atoms with Crippen LogP contribution in [0.3, 0.4) is 0 Å². The highest BCUT2D eigenvalue weighted by Gasteiger charge is 2.19. The number of nitro groups is 1. The first-order chi connectivity index (χ1) is 14.1. The molecule has 0 aliphatic rings. The van der Waals surface area contributed by atoms with Gasteiger partial charge in [0.05, 0.1) is 24.3 Å². The highest BCUT2D eigenvalue weighted by molar-refractivity contribution is 5.94. The number of anilines is 1. The minimum Gasteiger partial charge on any atom is -0.497 e. The zero-order valence-corrected chi connectivity index (χ0v) is 15.9. The van der Waals surface area contributed by atoms with Gasteiger partial charge in [0.15, 0.2) is 6.61 Å². The fourth-order valence-electron chi connectivity index (χ4n) is 2.76. The van der Waals surface area contributed by atoms with E-state index in [0.29, 0.717) is 17.2 Å². The summed E-state index contributed by atoms with van der Waals surface area (Å²) in [5.41, 5.74) is 1.26. The molecule has 0 aromatic heterocycles. The van der Waals surface area contributed by atoms with Gasteiger partial charge in [0.25, 0.3) is 11.6 Å². The first-order valence-corrected chi connectivity index (χ1v) is 8.92. The molecule has 7 heteroatoms. The molecule has 0 unspecified atom stereocenters. The second kappa shape index (κ2) is 9.36. The van der Waals surface area contributed by atoms with Crippen molar-refractivity contribution in [2.75, 3.05) is 18.6 Å². The van der Waals surface area contributed by atoms with Gasteiger partial charge in [-0.15, -0.1) is 0 Å². The number of hydrogen-bond donors (Lipinski definition) is 0. The molecule has 1 amide bonds. The number of amides is 1. The molecule has 0 saturated carbocycles. The van der Waals surface area contributed by atoms with E-state index in [1.54, 1.807) is 43.5 Å². The zero-order chi connectivity index (χ0) is 20.6. The Morgan fingerprint density at radius 3 is 2.31 bits per heavy atom. The lowest BCUT2D eigenvalue weighted by Gasteiger charge is -2.23. The van der Waals surface area contributed by atoms with Crippen LogP contribution in [0.4, 0.5) is 11.4 Å². The predicted molar refractivity (Wildman–Crippen MR) is 109 cm³/mol. The Morgan fingerprint density at radius 2 is 1.66 bits per heavy atom. The molecule has 0 spiro atoms. The van der Waals surface area contributed by atoms with Crippen molar-refractivity contribution in [2.24, 2.45) is 0 Å². The van der Waals surface area contributed by atoms with Crippen LogP contribution in [0, 0.1) is 10.1 Å². The minimum absolute atomic E-state index is 0.0792. The average molecular weight is 392 g/mol. The Hall–Kier alpha value is -3.87. The van der Waals surface area contributed by atoms with Gasteiger partial charge in [-0.25, -0.2) is 0 Å². The molecular formula is C22H20N2O5. The summed E-state index contributed by atoms with van der Waals surface area (Å²) < 4.78 is 10.7. The van der Waals surface area contributed by atoms with Crippen molar-refractivity contribution in [3.05, 3.63) is 94.5 Å². The van der Waals surface area contributed by atoms with E-state index in [-0.39, 0.29) is 24.7 Å². The SMILES string of the molecule is COc1ccc(OCC(=O)N(Cc2ccccc2)c2cccc([N+](=O)[O-])c2)cc1. The van der Waals surface area contributed by atoms with Gasteiger partial charge >= 0.3 is 0 Å². The van der Waals surface area contributed by atoms with Gasteiger partial charge in [0.1, 0.15) is 11.5 Å². The van der Waals surface area contributed by atoms with Gasteiger partial charge in [-0.2, -0.15) is 0 Å². The molecule has 7 nitrogen and oxygen atoms in total. The molecule has 3 aromatic rings. The Labute approximate surface area is 168 Å². The number of hydrogen-bond acceptors (Lipinski definition) is 5. The van der Waals surface area contributed by atoms with E-state index in [1.807, 2.05) is 30.3 Å². The molecule has 148 valence electrons. The first-order valence-electron chi connectivity index (χ1n) is 8.92. The molecule has 0 atom stereocenters. The molecular weight excluding hydrogens is 372 g/mol. The molecule has 0 radical (unpaired) electrons. The molecule has 0 N–H and O–H groups in total. The summed E-state index contributed by atoms with van der Waals surface area (Å²) in [7, 11) is 1.57. The van der Waals surface area contributed by atoms with E-state index in [4.69, 9.17) is 9.47 Å². The highest BCUT2D eigenvalue weighted by Crippen LogP contribution is 2.24. The van der Waals surface area contributed by atoms with E-state index in [2.05, 4.69) is 0 Å². The first kappa shape index (κ1) is 19.9. The summed E-state index contributed by atoms with van der Waals surface area (Å²) >= 11 is 0. The summed E-state index contributed by atoms with van der Waals surface area (Å²) in [6.45, 7) is 0.0642. The molecule has 0 fully saturated rings. The van der Waals surface area contributed by atoms with Crippen LogP contribution in [-0.2, 0) is 11.3 Å². The molecule has 0 bridgehead atoms. The maximum atomic E-state index is 12.9. The number of methoxy groups -OCH3 is 1. The number of non-ortho nitro benzene ring substituents is 1. The number of nitrogens with zero attached hydrogens (tertiary/aromatic N) is 2. The molecule has 29 heavy (non-hydrogen) atoms. The lowest BCUT2D eigenvalue weighted by atomic mass is 10.2. The summed E-state index contributed by atoms with van der Waals surface area (Å²) in [5, 5.41) is 11.1. The average Bonchev–Trinajstić information content (AvgIpc) is 2.77. The fourth-order valence-corrected chi connectivity index (χ4v) is 2.76. The number of carbonyl (C=O) groups excluding carboxylic acids is 1. The predicted octanol–water partition coefficient (Wildman–Crippen LogP) is 4.22. The van der Waals surface area contributed by atoms with Crippen molar-refractivity contribution in [2.45, 2.75) is 6.54 Å². The van der Waals surface area contributed by atoms with Crippen LogP contribution in [0.2, 0.25) is 0 Å². The quantitative estimate of drug-likeness (QED) is 0.424. The van der Waals surface area contributed by atoms with Gasteiger partial charge in [-0.3, -0.25) is 14.9 Å². The molecule has 0 heterocycles. The lowest BCUT2D eigenvalue weighted by Crippen LogP contribution is -2.34. The van der Waals surface area contributed by atoms with Crippen molar-refractivity contribution >= 4 is 17.3 Å². The number of carbonyl (C=O) groups is 1. The minimum atomic E-state index is -0.484. The van der Waals surface area contributed by atoms with Crippen LogP contribution >= 0.6 is 0 Å². The summed E-state index contributed by atoms with van der Waals surface area (Å²) in [6, 6.07) is 22.3. The molecule has 3 rings (SSSR count). The van der Waals surface area contributed by atoms with E-state index >= 15 is 0 Å². The zero-order valence-electron chi connectivity index (χ0n) is 15.9. The van der Waals surface area contributed by atoms with Crippen LogP contribution in [0.25, 0.3) is 0 Å². The summed E-state index contributed by atoms with van der Waals surface area (Å²) in [6.07, 6.45) is 0. The summed E-state index contributed by atoms with van der Waals surface area (Å²) in [4.78, 5) is 25.1. The normalized spacial score (nSPS) is 10.2. The van der Waals surface area contributed by atoms with Gasteiger partial charge in [-0.1, -0.05) is 36.4 Å². The van der Waals surface area contributed by atoms with E-state index < -0.39 is 4.92 Å². The third kappa shape index (κ3) is 5.32. The number of rotatable bonds is 8. The lowest BCUT2D eigenvalue weighted by molar-refractivity contribution is -0.384.